The number of aromatic hydroxyl groups is 1. The zero-order chi connectivity index (χ0) is 21.3. The van der Waals surface area contributed by atoms with Crippen molar-refractivity contribution in [2.45, 2.75) is 13.8 Å². The average Bonchev–Trinajstić information content (AvgIpc) is 2.90. The molecule has 0 spiro atoms. The number of aryl methyl sites for hydroxylation is 2. The molecule has 0 bridgehead atoms. The van der Waals surface area contributed by atoms with Crippen LogP contribution in [0.3, 0.4) is 0 Å². The Hall–Kier alpha value is -2.48. The van der Waals surface area contributed by atoms with Crippen molar-refractivity contribution in [3.63, 3.8) is 0 Å². The van der Waals surface area contributed by atoms with Crippen molar-refractivity contribution in [2.75, 3.05) is 11.9 Å². The van der Waals surface area contributed by atoms with Gasteiger partial charge >= 0.3 is 0 Å². The fraction of sp³-hybridized carbons (Fsp3) is 0.150. The van der Waals surface area contributed by atoms with Gasteiger partial charge in [0.25, 0.3) is 11.1 Å². The van der Waals surface area contributed by atoms with Gasteiger partial charge in [-0.05, 0) is 67.1 Å². The van der Waals surface area contributed by atoms with E-state index in [1.165, 1.54) is 18.2 Å². The summed E-state index contributed by atoms with van der Waals surface area (Å²) < 4.78 is 0. The van der Waals surface area contributed by atoms with Gasteiger partial charge in [0.1, 0.15) is 12.3 Å². The quantitative estimate of drug-likeness (QED) is 0.640. The SMILES string of the molecule is Cc1ccc(NC(=O)CN2C(=O)S/C(=C/c3cc(Cl)cc(Cl)c3O)C2=O)cc1C. The maximum absolute atomic E-state index is 12.6. The molecule has 1 fully saturated rings. The van der Waals surface area contributed by atoms with Crippen LogP contribution in [0.25, 0.3) is 6.08 Å². The summed E-state index contributed by atoms with van der Waals surface area (Å²) in [5, 5.41) is 12.4. The summed E-state index contributed by atoms with van der Waals surface area (Å²) in [7, 11) is 0. The second-order valence-electron chi connectivity index (χ2n) is 6.44. The Labute approximate surface area is 181 Å². The number of nitrogens with one attached hydrogen (secondary N) is 1. The van der Waals surface area contributed by atoms with Crippen LogP contribution in [0.1, 0.15) is 16.7 Å². The van der Waals surface area contributed by atoms with E-state index in [4.69, 9.17) is 23.2 Å². The Kier molecular flexibility index (Phi) is 6.21. The second kappa shape index (κ2) is 8.49. The number of nitrogens with zero attached hydrogens (tertiary/aromatic N) is 1. The van der Waals surface area contributed by atoms with Crippen molar-refractivity contribution in [3.8, 4) is 5.75 Å². The van der Waals surface area contributed by atoms with E-state index in [1.54, 1.807) is 6.07 Å². The Morgan fingerprint density at radius 1 is 1.17 bits per heavy atom. The summed E-state index contributed by atoms with van der Waals surface area (Å²) in [5.74, 6) is -1.38. The van der Waals surface area contributed by atoms with Crippen LogP contribution in [-0.2, 0) is 9.59 Å². The summed E-state index contributed by atoms with van der Waals surface area (Å²) in [5.41, 5.74) is 2.88. The zero-order valence-corrected chi connectivity index (χ0v) is 17.8. The van der Waals surface area contributed by atoms with Gasteiger partial charge in [0.05, 0.1) is 9.93 Å². The van der Waals surface area contributed by atoms with Gasteiger partial charge in [-0.3, -0.25) is 19.3 Å². The van der Waals surface area contributed by atoms with Crippen LogP contribution in [0.5, 0.6) is 5.75 Å². The number of phenols is 1. The van der Waals surface area contributed by atoms with E-state index in [2.05, 4.69) is 5.32 Å². The predicted octanol–water partition coefficient (Wildman–Crippen LogP) is 4.99. The predicted molar refractivity (Wildman–Crippen MR) is 115 cm³/mol. The number of amides is 3. The normalized spacial score (nSPS) is 15.3. The topological polar surface area (TPSA) is 86.7 Å². The van der Waals surface area contributed by atoms with E-state index in [9.17, 15) is 19.5 Å². The molecule has 3 rings (SSSR count). The van der Waals surface area contributed by atoms with Crippen molar-refractivity contribution in [3.05, 3.63) is 62.0 Å². The number of phenolic OH excluding ortho intramolecular Hbond substituents is 1. The van der Waals surface area contributed by atoms with E-state index >= 15 is 0 Å². The minimum Gasteiger partial charge on any atom is -0.506 e. The monoisotopic (exact) mass is 450 g/mol. The summed E-state index contributed by atoms with van der Waals surface area (Å²) in [6.45, 7) is 3.46. The van der Waals surface area contributed by atoms with Gasteiger partial charge in [0.2, 0.25) is 5.91 Å². The van der Waals surface area contributed by atoms with Gasteiger partial charge in [0, 0.05) is 16.3 Å². The first-order chi connectivity index (χ1) is 13.7. The third-order valence-electron chi connectivity index (χ3n) is 4.31. The number of thioether (sulfide) groups is 1. The highest BCUT2D eigenvalue weighted by Gasteiger charge is 2.36. The van der Waals surface area contributed by atoms with Crippen LogP contribution >= 0.6 is 35.0 Å². The molecule has 0 unspecified atom stereocenters. The van der Waals surface area contributed by atoms with Gasteiger partial charge in [-0.1, -0.05) is 29.3 Å². The molecule has 0 radical (unpaired) electrons. The van der Waals surface area contributed by atoms with E-state index in [0.717, 1.165) is 16.0 Å². The maximum atomic E-state index is 12.6. The zero-order valence-electron chi connectivity index (χ0n) is 15.5. The average molecular weight is 451 g/mol. The summed E-state index contributed by atoms with van der Waals surface area (Å²) in [6.07, 6.45) is 1.32. The lowest BCUT2D eigenvalue weighted by Gasteiger charge is -2.13. The minimum absolute atomic E-state index is 0.0238. The first-order valence-electron chi connectivity index (χ1n) is 8.46. The van der Waals surface area contributed by atoms with Crippen molar-refractivity contribution in [1.82, 2.24) is 4.90 Å². The number of imide groups is 1. The van der Waals surface area contributed by atoms with E-state index in [-0.39, 0.29) is 26.3 Å². The second-order valence-corrected chi connectivity index (χ2v) is 8.28. The number of hydrogen-bond donors (Lipinski definition) is 2. The van der Waals surface area contributed by atoms with Gasteiger partial charge in [-0.15, -0.1) is 0 Å². The number of carbonyl (C=O) groups excluding carboxylic acids is 3. The Morgan fingerprint density at radius 3 is 2.59 bits per heavy atom. The van der Waals surface area contributed by atoms with Crippen molar-refractivity contribution < 1.29 is 19.5 Å². The number of rotatable bonds is 4. The fourth-order valence-corrected chi connectivity index (χ4v) is 3.98. The Bertz CT molecular complexity index is 1070. The van der Waals surface area contributed by atoms with E-state index in [1.807, 2.05) is 26.0 Å². The minimum atomic E-state index is -0.634. The molecule has 2 N–H and O–H groups in total. The third-order valence-corrected chi connectivity index (χ3v) is 5.72. The molecule has 1 heterocycles. The molecule has 29 heavy (non-hydrogen) atoms. The molecule has 6 nitrogen and oxygen atoms in total. The van der Waals surface area contributed by atoms with Crippen molar-refractivity contribution in [1.29, 1.82) is 0 Å². The standard InChI is InChI=1S/C20H16Cl2N2O4S/c1-10-3-4-14(5-11(10)2)23-17(25)9-24-19(27)16(29-20(24)28)7-12-6-13(21)8-15(22)18(12)26/h3-8,26H,9H2,1-2H3,(H,23,25)/b16-7+. The smallest absolute Gasteiger partial charge is 0.294 e. The number of carbonyl (C=O) groups is 3. The van der Waals surface area contributed by atoms with E-state index in [0.29, 0.717) is 17.4 Å². The van der Waals surface area contributed by atoms with Crippen LogP contribution in [-0.4, -0.2) is 33.6 Å². The molecule has 0 aromatic heterocycles. The van der Waals surface area contributed by atoms with Crippen LogP contribution in [0, 0.1) is 13.8 Å². The van der Waals surface area contributed by atoms with E-state index < -0.39 is 23.6 Å². The summed E-state index contributed by atoms with van der Waals surface area (Å²) >= 11 is 12.5. The number of benzene rings is 2. The van der Waals surface area contributed by atoms with Crippen LogP contribution in [0.4, 0.5) is 10.5 Å². The number of hydrogen-bond acceptors (Lipinski definition) is 5. The van der Waals surface area contributed by atoms with Crippen molar-refractivity contribution >= 4 is 63.8 Å². The van der Waals surface area contributed by atoms with Gasteiger partial charge < -0.3 is 10.4 Å². The third kappa shape index (κ3) is 4.75. The van der Waals surface area contributed by atoms with Crippen LogP contribution in [0.2, 0.25) is 10.0 Å². The molecule has 0 atom stereocenters. The lowest BCUT2D eigenvalue weighted by atomic mass is 10.1. The molecule has 2 aromatic rings. The fourth-order valence-electron chi connectivity index (χ4n) is 2.64. The lowest BCUT2D eigenvalue weighted by molar-refractivity contribution is -0.127. The molecule has 1 aliphatic heterocycles. The molecular weight excluding hydrogens is 435 g/mol. The highest BCUT2D eigenvalue weighted by molar-refractivity contribution is 8.18. The Balaban J connectivity index is 1.75. The first kappa shape index (κ1) is 21.2. The molecule has 9 heteroatoms. The van der Waals surface area contributed by atoms with Crippen molar-refractivity contribution in [2.24, 2.45) is 0 Å². The van der Waals surface area contributed by atoms with Crippen LogP contribution in [0.15, 0.2) is 35.2 Å². The number of anilines is 1. The summed E-state index contributed by atoms with van der Waals surface area (Å²) in [4.78, 5) is 38.0. The lowest BCUT2D eigenvalue weighted by Crippen LogP contribution is -2.36. The summed E-state index contributed by atoms with van der Waals surface area (Å²) in [6, 6.07) is 8.21. The molecule has 0 saturated carbocycles. The van der Waals surface area contributed by atoms with Crippen LogP contribution < -0.4 is 5.32 Å². The molecular formula is C20H16Cl2N2O4S. The molecule has 0 aliphatic carbocycles. The molecule has 1 saturated heterocycles. The largest absolute Gasteiger partial charge is 0.506 e. The Morgan fingerprint density at radius 2 is 1.90 bits per heavy atom. The molecule has 150 valence electrons. The van der Waals surface area contributed by atoms with Gasteiger partial charge in [-0.25, -0.2) is 0 Å². The maximum Gasteiger partial charge on any atom is 0.294 e. The molecule has 3 amide bonds. The molecule has 2 aromatic carbocycles. The van der Waals surface area contributed by atoms with Gasteiger partial charge in [0.15, 0.2) is 0 Å². The molecule has 1 aliphatic rings. The van der Waals surface area contributed by atoms with Gasteiger partial charge in [-0.2, -0.15) is 0 Å². The highest BCUT2D eigenvalue weighted by atomic mass is 35.5. The highest BCUT2D eigenvalue weighted by Crippen LogP contribution is 2.37. The number of halogens is 2. The first-order valence-corrected chi connectivity index (χ1v) is 10.0.